The summed E-state index contributed by atoms with van der Waals surface area (Å²) in [5.74, 6) is -2.08. The third-order valence-corrected chi connectivity index (χ3v) is 16.4. The molecule has 0 radical (unpaired) electrons. The zero-order valence-corrected chi connectivity index (χ0v) is 40.6. The number of aliphatic hydroxyl groups is 4. The summed E-state index contributed by atoms with van der Waals surface area (Å²) in [6.45, 7) is -3.52. The van der Waals surface area contributed by atoms with Gasteiger partial charge in [0.05, 0.1) is 39.6 Å². The molecule has 0 bridgehead atoms. The fourth-order valence-corrected chi connectivity index (χ4v) is 12.5. The van der Waals surface area contributed by atoms with Crippen molar-refractivity contribution >= 4 is 77.2 Å². The van der Waals surface area contributed by atoms with Crippen LogP contribution in [0.15, 0.2) is 34.5 Å². The Morgan fingerprint density at radius 2 is 1.33 bits per heavy atom. The third kappa shape index (κ3) is 11.5. The Kier molecular flexibility index (Phi) is 15.3. The minimum absolute atomic E-state index is 0.0327. The monoisotopic (exact) mass is 1120 g/mol. The molecule has 402 valence electrons. The smallest absolute Gasteiger partial charge is 0.387 e. The number of nitrogens with one attached hydrogen (secondary N) is 2. The number of anilines is 2. The zero-order chi connectivity index (χ0) is 53.3. The van der Waals surface area contributed by atoms with Gasteiger partial charge in [0.2, 0.25) is 23.6 Å². The number of imidazole rings is 2. The number of carbonyl (C=O) groups excluding carboxylic acids is 2. The second kappa shape index (κ2) is 20.5. The van der Waals surface area contributed by atoms with Crippen LogP contribution >= 0.6 is 31.3 Å². The standard InChI is InChI=1S/C32H43N11O26P4/c1-40-10-43(25-17(40)27(51)39-32(34)37-25)29-21(49)19(47)13(65-29)7-62-71(54,55)68-73(58,59)69-72(56,57)63-8-14-22(23(60-2)30(66-14)42-9-35-16-24(42)36-31(33)38-26(16)50)67-70(52,53)61-6-12-18(46)20(48)28(64-12)41-4-3-11(44)5-15(41)45/h3-4,9-10,12-14,18-23,28-30,46-49H,5-8H2,1-2H3,(H9-,33,34,36,37,38,39,50,51,52,53,54,55,56,57,58,59)/p+1. The van der Waals surface area contributed by atoms with Crippen LogP contribution < -0.4 is 27.2 Å². The molecule has 73 heavy (non-hydrogen) atoms. The van der Waals surface area contributed by atoms with Crippen LogP contribution in [0.4, 0.5) is 11.9 Å². The number of nitrogens with two attached hydrogens (primary N) is 2. The number of H-pyrrole nitrogens is 2. The summed E-state index contributed by atoms with van der Waals surface area (Å²) in [6, 6.07) is 0. The van der Waals surface area contributed by atoms with Gasteiger partial charge in [-0.1, -0.05) is 4.98 Å². The van der Waals surface area contributed by atoms with Gasteiger partial charge in [0.1, 0.15) is 54.9 Å². The van der Waals surface area contributed by atoms with E-state index in [2.05, 4.69) is 38.1 Å². The van der Waals surface area contributed by atoms with Crippen molar-refractivity contribution in [3.63, 3.8) is 0 Å². The maximum atomic E-state index is 13.6. The molecule has 0 aliphatic carbocycles. The number of aromatic nitrogens is 8. The number of carbonyl (C=O) groups is 2. The number of nitrogen functional groups attached to an aromatic ring is 2. The lowest BCUT2D eigenvalue weighted by Gasteiger charge is -2.29. The predicted molar refractivity (Wildman–Crippen MR) is 230 cm³/mol. The number of ether oxygens (including phenoxy) is 4. The molecule has 4 aliphatic rings. The van der Waals surface area contributed by atoms with Crippen LogP contribution in [-0.2, 0) is 80.6 Å². The van der Waals surface area contributed by atoms with E-state index in [4.69, 9.17) is 44.0 Å². The minimum atomic E-state index is -6.23. The van der Waals surface area contributed by atoms with Gasteiger partial charge in [-0.05, 0) is 6.08 Å². The van der Waals surface area contributed by atoms with Crippen molar-refractivity contribution in [2.75, 3.05) is 38.4 Å². The van der Waals surface area contributed by atoms with Crippen molar-refractivity contribution in [3.05, 3.63) is 45.6 Å². The van der Waals surface area contributed by atoms with Gasteiger partial charge in [-0.2, -0.15) is 13.6 Å². The van der Waals surface area contributed by atoms with Crippen LogP contribution in [0.25, 0.3) is 22.3 Å². The number of aryl methyl sites for hydroxylation is 1. The molecule has 4 aromatic rings. The molecule has 16 unspecified atom stereocenters. The molecule has 37 nitrogen and oxygen atoms in total. The Balaban J connectivity index is 0.934. The molecular formula is C32H44N11O26P4+. The molecule has 0 saturated carbocycles. The average molecular weight is 1120 g/mol. The first-order chi connectivity index (χ1) is 34.1. The van der Waals surface area contributed by atoms with Gasteiger partial charge in [0.15, 0.2) is 35.7 Å². The predicted octanol–water partition coefficient (Wildman–Crippen LogP) is -4.99. The Morgan fingerprint density at radius 3 is 1.97 bits per heavy atom. The lowest BCUT2D eigenvalue weighted by molar-refractivity contribution is -0.745. The number of methoxy groups -OCH3 is 1. The Hall–Kier alpha value is -4.62. The summed E-state index contributed by atoms with van der Waals surface area (Å²) in [4.78, 5) is 108. The molecular weight excluding hydrogens is 1080 g/mol. The highest BCUT2D eigenvalue weighted by molar-refractivity contribution is 7.66. The minimum Gasteiger partial charge on any atom is -0.387 e. The number of aromatic amines is 2. The van der Waals surface area contributed by atoms with E-state index in [9.17, 15) is 77.4 Å². The van der Waals surface area contributed by atoms with E-state index in [0.29, 0.717) is 0 Å². The molecule has 8 heterocycles. The summed E-state index contributed by atoms with van der Waals surface area (Å²) >= 11 is 0. The highest BCUT2D eigenvalue weighted by Gasteiger charge is 2.54. The fourth-order valence-electron chi connectivity index (χ4n) is 8.00. The van der Waals surface area contributed by atoms with Crippen molar-refractivity contribution < 1.29 is 118 Å². The van der Waals surface area contributed by atoms with Crippen molar-refractivity contribution in [1.29, 1.82) is 0 Å². The molecule has 0 aromatic carbocycles. The Bertz CT molecular complexity index is 3150. The SMILES string of the molecule is COC1C(OP(=O)(O)OCC2OC(N3C=CC(=O)CC3=O)C(O)C2O)C(COP(=O)(O)OP(=O)(O)OP(=O)(O)OCC2OC([n+]3cn(C)c4c(=O)[nH]c(N)nc43)C(O)C2O)OC1n1cnc2c(=O)[nH]c(N)nc21. The van der Waals surface area contributed by atoms with Gasteiger partial charge < -0.3 is 70.4 Å². The summed E-state index contributed by atoms with van der Waals surface area (Å²) in [5, 5.41) is 42.7. The van der Waals surface area contributed by atoms with Gasteiger partial charge in [0.25, 0.3) is 17.1 Å². The fraction of sp³-hybridized carbons (Fsp3) is 0.562. The van der Waals surface area contributed by atoms with Crippen molar-refractivity contribution in [3.8, 4) is 0 Å². The van der Waals surface area contributed by atoms with E-state index < -0.39 is 160 Å². The topological polar surface area (TPSA) is 530 Å². The van der Waals surface area contributed by atoms with Crippen LogP contribution in [0, 0.1) is 0 Å². The van der Waals surface area contributed by atoms with Crippen molar-refractivity contribution in [2.45, 2.75) is 80.0 Å². The zero-order valence-electron chi connectivity index (χ0n) is 37.1. The number of phosphoric ester groups is 3. The summed E-state index contributed by atoms with van der Waals surface area (Å²) < 4.78 is 107. The van der Waals surface area contributed by atoms with E-state index in [-0.39, 0.29) is 28.3 Å². The molecule has 16 atom stereocenters. The number of nitrogens with zero attached hydrogens (tertiary/aromatic N) is 7. The highest BCUT2D eigenvalue weighted by Crippen LogP contribution is 2.68. The van der Waals surface area contributed by atoms with Gasteiger partial charge in [0, 0.05) is 13.3 Å². The van der Waals surface area contributed by atoms with Crippen molar-refractivity contribution in [1.82, 2.24) is 39.0 Å². The number of hydrogen-bond donors (Lipinski definition) is 12. The van der Waals surface area contributed by atoms with E-state index in [0.717, 1.165) is 39.7 Å². The molecule has 4 aliphatic heterocycles. The maximum absolute atomic E-state index is 13.6. The van der Waals surface area contributed by atoms with E-state index in [1.54, 1.807) is 0 Å². The number of hydrogen-bond acceptors (Lipinski definition) is 27. The number of ketones is 1. The molecule has 3 saturated heterocycles. The molecule has 0 spiro atoms. The van der Waals surface area contributed by atoms with Crippen LogP contribution in [0.3, 0.4) is 0 Å². The Morgan fingerprint density at radius 1 is 0.753 bits per heavy atom. The van der Waals surface area contributed by atoms with E-state index in [1.165, 1.54) is 17.9 Å². The van der Waals surface area contributed by atoms with Crippen molar-refractivity contribution in [2.24, 2.45) is 7.05 Å². The number of phosphoric acid groups is 4. The number of rotatable bonds is 19. The molecule has 41 heteroatoms. The lowest BCUT2D eigenvalue weighted by atomic mass is 10.1. The van der Waals surface area contributed by atoms with Crippen LogP contribution in [0.5, 0.6) is 0 Å². The normalized spacial score (nSPS) is 32.1. The van der Waals surface area contributed by atoms with Gasteiger partial charge in [-0.3, -0.25) is 61.3 Å². The molecule has 3 fully saturated rings. The first-order valence-electron chi connectivity index (χ1n) is 20.7. The summed E-state index contributed by atoms with van der Waals surface area (Å²) in [5.41, 5.74) is 9.15. The lowest BCUT2D eigenvalue weighted by Crippen LogP contribution is -2.46. The quantitative estimate of drug-likeness (QED) is 0.0238. The maximum Gasteiger partial charge on any atom is 0.490 e. The second-order valence-corrected chi connectivity index (χ2v) is 22.2. The molecule has 8 rings (SSSR count). The summed E-state index contributed by atoms with van der Waals surface area (Å²) in [7, 11) is -21.1. The van der Waals surface area contributed by atoms with Gasteiger partial charge in [-0.25, -0.2) is 27.8 Å². The number of fused-ring (bicyclic) bond motifs is 2. The number of amides is 1. The molecule has 14 N–H and O–H groups in total. The first-order valence-corrected chi connectivity index (χ1v) is 26.6. The average Bonchev–Trinajstić information content (AvgIpc) is 4.07. The van der Waals surface area contributed by atoms with Crippen LogP contribution in [-0.4, -0.2) is 179 Å². The van der Waals surface area contributed by atoms with Crippen LogP contribution in [0.1, 0.15) is 18.9 Å². The number of aliphatic hydroxyl groups excluding tert-OH is 4. The van der Waals surface area contributed by atoms with E-state index >= 15 is 0 Å². The Labute approximate surface area is 404 Å². The van der Waals surface area contributed by atoms with Gasteiger partial charge >= 0.3 is 36.9 Å². The van der Waals surface area contributed by atoms with E-state index in [1.807, 2.05) is 0 Å². The van der Waals surface area contributed by atoms with Gasteiger partial charge in [-0.15, -0.1) is 0 Å². The highest BCUT2D eigenvalue weighted by atomic mass is 31.3. The third-order valence-electron chi connectivity index (χ3n) is 11.2. The second-order valence-electron chi connectivity index (χ2n) is 16.1. The molecule has 1 amide bonds. The molecule has 4 aromatic heterocycles. The first kappa shape index (κ1) is 54.6. The number of allylic oxidation sites excluding steroid dienone is 1. The largest absolute Gasteiger partial charge is 0.490 e. The summed E-state index contributed by atoms with van der Waals surface area (Å²) in [6.07, 6.45) is -17.2. The van der Waals surface area contributed by atoms with Crippen LogP contribution in [0.2, 0.25) is 0 Å².